The average Bonchev–Trinajstić information content (AvgIpc) is 2.65. The number of amides is 1. The average molecular weight is 362 g/mol. The molecule has 0 atom stereocenters. The van der Waals surface area contributed by atoms with Crippen molar-refractivity contribution in [2.24, 2.45) is 0 Å². The van der Waals surface area contributed by atoms with Crippen molar-refractivity contribution in [2.75, 3.05) is 10.6 Å². The summed E-state index contributed by atoms with van der Waals surface area (Å²) in [5.74, 6) is 0.957. The summed E-state index contributed by atoms with van der Waals surface area (Å²) in [7, 11) is 0. The fourth-order valence-electron chi connectivity index (χ4n) is 2.42. The Bertz CT molecular complexity index is 906. The molecule has 0 saturated heterocycles. The first kappa shape index (κ1) is 18.4. The molecular formula is C21H22N4O2. The molecule has 3 rings (SSSR count). The molecule has 0 unspecified atom stereocenters. The van der Waals surface area contributed by atoms with E-state index in [1.165, 1.54) is 0 Å². The van der Waals surface area contributed by atoms with Gasteiger partial charge in [-0.15, -0.1) is 10.2 Å². The van der Waals surface area contributed by atoms with Gasteiger partial charge in [0, 0.05) is 5.69 Å². The Hall–Kier alpha value is -3.41. The normalized spacial score (nSPS) is 10.5. The van der Waals surface area contributed by atoms with Gasteiger partial charge in [-0.2, -0.15) is 0 Å². The van der Waals surface area contributed by atoms with Crippen molar-refractivity contribution >= 4 is 23.1 Å². The predicted molar refractivity (Wildman–Crippen MR) is 107 cm³/mol. The molecule has 27 heavy (non-hydrogen) atoms. The Labute approximate surface area is 158 Å². The Morgan fingerprint density at radius 3 is 2.37 bits per heavy atom. The van der Waals surface area contributed by atoms with Gasteiger partial charge in [0.1, 0.15) is 5.75 Å². The summed E-state index contributed by atoms with van der Waals surface area (Å²) in [5, 5.41) is 14.1. The molecule has 0 aliphatic heterocycles. The summed E-state index contributed by atoms with van der Waals surface area (Å²) in [6.07, 6.45) is 0.0619. The maximum absolute atomic E-state index is 12.3. The van der Waals surface area contributed by atoms with Gasteiger partial charge >= 0.3 is 0 Å². The first-order valence-electron chi connectivity index (χ1n) is 8.76. The number of para-hydroxylation sites is 2. The van der Waals surface area contributed by atoms with E-state index in [-0.39, 0.29) is 17.7 Å². The molecule has 0 radical (unpaired) electrons. The van der Waals surface area contributed by atoms with Crippen LogP contribution in [0.1, 0.15) is 29.9 Å². The van der Waals surface area contributed by atoms with Crippen LogP contribution in [0.4, 0.5) is 17.2 Å². The van der Waals surface area contributed by atoms with E-state index in [0.717, 1.165) is 22.7 Å². The number of ether oxygens (including phenoxy) is 1. The molecular weight excluding hydrogens is 340 g/mol. The highest BCUT2D eigenvalue weighted by atomic mass is 16.5. The van der Waals surface area contributed by atoms with E-state index >= 15 is 0 Å². The number of nitrogens with one attached hydrogen (secondary N) is 2. The summed E-state index contributed by atoms with van der Waals surface area (Å²) in [4.78, 5) is 12.3. The third kappa shape index (κ3) is 5.04. The molecule has 0 bridgehead atoms. The van der Waals surface area contributed by atoms with Gasteiger partial charge in [-0.1, -0.05) is 29.8 Å². The standard InChI is InChI=1S/C21H22N4O2/c1-14(2)27-19-7-5-4-6-17(19)23-20-13-12-18(24-25-20)21(26)22-16-10-8-15(3)9-11-16/h4-14H,1-3H3,(H,22,26)(H,23,25). The maximum atomic E-state index is 12.3. The van der Waals surface area contributed by atoms with Crippen LogP contribution in [0.3, 0.4) is 0 Å². The molecule has 138 valence electrons. The third-order valence-corrected chi connectivity index (χ3v) is 3.72. The number of carbonyl (C=O) groups excluding carboxylic acids is 1. The predicted octanol–water partition coefficient (Wildman–Crippen LogP) is 4.57. The quantitative estimate of drug-likeness (QED) is 0.672. The Morgan fingerprint density at radius 2 is 1.70 bits per heavy atom. The van der Waals surface area contributed by atoms with E-state index in [0.29, 0.717) is 5.82 Å². The van der Waals surface area contributed by atoms with E-state index in [4.69, 9.17) is 4.74 Å². The van der Waals surface area contributed by atoms with Crippen molar-refractivity contribution in [3.63, 3.8) is 0 Å². The molecule has 1 heterocycles. The minimum absolute atomic E-state index is 0.0619. The zero-order chi connectivity index (χ0) is 19.2. The second-order valence-corrected chi connectivity index (χ2v) is 6.41. The third-order valence-electron chi connectivity index (χ3n) is 3.72. The lowest BCUT2D eigenvalue weighted by Crippen LogP contribution is -2.14. The number of hydrogen-bond donors (Lipinski definition) is 2. The summed E-state index contributed by atoms with van der Waals surface area (Å²) in [6, 6.07) is 18.5. The van der Waals surface area contributed by atoms with Gasteiger partial charge in [0.05, 0.1) is 11.8 Å². The van der Waals surface area contributed by atoms with Crippen LogP contribution in [0.5, 0.6) is 5.75 Å². The number of benzene rings is 2. The minimum atomic E-state index is -0.304. The summed E-state index contributed by atoms with van der Waals surface area (Å²) in [6.45, 7) is 5.93. The number of aromatic nitrogens is 2. The summed E-state index contributed by atoms with van der Waals surface area (Å²) >= 11 is 0. The van der Waals surface area contributed by atoms with E-state index in [2.05, 4.69) is 20.8 Å². The topological polar surface area (TPSA) is 76.1 Å². The smallest absolute Gasteiger partial charge is 0.276 e. The van der Waals surface area contributed by atoms with Crippen LogP contribution < -0.4 is 15.4 Å². The molecule has 3 aromatic rings. The number of rotatable bonds is 6. The maximum Gasteiger partial charge on any atom is 0.276 e. The number of nitrogens with zero attached hydrogens (tertiary/aromatic N) is 2. The Balaban J connectivity index is 1.68. The summed E-state index contributed by atoms with van der Waals surface area (Å²) < 4.78 is 5.78. The zero-order valence-corrected chi connectivity index (χ0v) is 15.6. The van der Waals surface area contributed by atoms with Crippen LogP contribution >= 0.6 is 0 Å². The van der Waals surface area contributed by atoms with Crippen molar-refractivity contribution in [1.29, 1.82) is 0 Å². The van der Waals surface area contributed by atoms with Crippen LogP contribution in [0.15, 0.2) is 60.7 Å². The molecule has 0 aliphatic carbocycles. The largest absolute Gasteiger partial charge is 0.489 e. The van der Waals surface area contributed by atoms with Crippen LogP contribution in [-0.4, -0.2) is 22.2 Å². The molecule has 0 fully saturated rings. The van der Waals surface area contributed by atoms with Crippen LogP contribution in [0.25, 0.3) is 0 Å². The number of carbonyl (C=O) groups is 1. The first-order valence-corrected chi connectivity index (χ1v) is 8.76. The fourth-order valence-corrected chi connectivity index (χ4v) is 2.42. The van der Waals surface area contributed by atoms with Crippen molar-refractivity contribution in [3.05, 3.63) is 71.9 Å². The van der Waals surface area contributed by atoms with E-state index < -0.39 is 0 Å². The molecule has 6 heteroatoms. The van der Waals surface area contributed by atoms with Gasteiger partial charge in [-0.25, -0.2) is 0 Å². The highest BCUT2D eigenvalue weighted by molar-refractivity contribution is 6.02. The first-order chi connectivity index (χ1) is 13.0. The van der Waals surface area contributed by atoms with Crippen LogP contribution in [-0.2, 0) is 0 Å². The molecule has 0 spiro atoms. The van der Waals surface area contributed by atoms with Gasteiger partial charge in [0.2, 0.25) is 0 Å². The van der Waals surface area contributed by atoms with Gasteiger partial charge in [0.25, 0.3) is 5.91 Å². The van der Waals surface area contributed by atoms with Gasteiger partial charge in [0.15, 0.2) is 11.5 Å². The van der Waals surface area contributed by atoms with Crippen molar-refractivity contribution < 1.29 is 9.53 Å². The van der Waals surface area contributed by atoms with Gasteiger partial charge in [-0.3, -0.25) is 4.79 Å². The Kier molecular flexibility index (Phi) is 5.66. The molecule has 1 aromatic heterocycles. The lowest BCUT2D eigenvalue weighted by atomic mass is 10.2. The van der Waals surface area contributed by atoms with Gasteiger partial charge < -0.3 is 15.4 Å². The fraction of sp³-hybridized carbons (Fsp3) is 0.190. The molecule has 2 aromatic carbocycles. The van der Waals surface area contributed by atoms with E-state index in [1.807, 2.05) is 69.3 Å². The molecule has 6 nitrogen and oxygen atoms in total. The van der Waals surface area contributed by atoms with Crippen LogP contribution in [0.2, 0.25) is 0 Å². The molecule has 0 aliphatic rings. The van der Waals surface area contributed by atoms with Gasteiger partial charge in [-0.05, 0) is 57.2 Å². The van der Waals surface area contributed by atoms with E-state index in [9.17, 15) is 4.79 Å². The number of hydrogen-bond acceptors (Lipinski definition) is 5. The lowest BCUT2D eigenvalue weighted by Gasteiger charge is -2.14. The highest BCUT2D eigenvalue weighted by Gasteiger charge is 2.10. The lowest BCUT2D eigenvalue weighted by molar-refractivity contribution is 0.102. The monoisotopic (exact) mass is 362 g/mol. The highest BCUT2D eigenvalue weighted by Crippen LogP contribution is 2.27. The van der Waals surface area contributed by atoms with Crippen molar-refractivity contribution in [1.82, 2.24) is 10.2 Å². The molecule has 2 N–H and O–H groups in total. The second-order valence-electron chi connectivity index (χ2n) is 6.41. The SMILES string of the molecule is Cc1ccc(NC(=O)c2ccc(Nc3ccccc3OC(C)C)nn2)cc1. The zero-order valence-electron chi connectivity index (χ0n) is 15.6. The van der Waals surface area contributed by atoms with E-state index in [1.54, 1.807) is 12.1 Å². The number of anilines is 3. The second kappa shape index (κ2) is 8.31. The summed E-state index contributed by atoms with van der Waals surface area (Å²) in [5.41, 5.74) is 2.88. The molecule has 1 amide bonds. The number of aryl methyl sites for hydroxylation is 1. The van der Waals surface area contributed by atoms with Crippen LogP contribution in [0, 0.1) is 6.92 Å². The van der Waals surface area contributed by atoms with Crippen molar-refractivity contribution in [2.45, 2.75) is 26.9 Å². The Morgan fingerprint density at radius 1 is 0.963 bits per heavy atom. The minimum Gasteiger partial charge on any atom is -0.489 e. The van der Waals surface area contributed by atoms with Crippen molar-refractivity contribution in [3.8, 4) is 5.75 Å². The molecule has 0 saturated carbocycles.